The molecule has 1 aliphatic carbocycles. The summed E-state index contributed by atoms with van der Waals surface area (Å²) in [5, 5.41) is 9.35. The average Bonchev–Trinajstić information content (AvgIpc) is 3.10. The summed E-state index contributed by atoms with van der Waals surface area (Å²) >= 11 is 13.5. The van der Waals surface area contributed by atoms with Crippen LogP contribution in [0.25, 0.3) is 0 Å². The molecule has 0 bridgehead atoms. The molecule has 0 fully saturated rings. The van der Waals surface area contributed by atoms with E-state index in [1.54, 1.807) is 31.3 Å². The molecule has 5 rings (SSSR count). The van der Waals surface area contributed by atoms with Crippen molar-refractivity contribution in [1.82, 2.24) is 15.3 Å². The number of nitrogens with zero attached hydrogens (tertiary/aromatic N) is 4. The third-order valence-electron chi connectivity index (χ3n) is 8.28. The molecule has 1 aromatic heterocycles. The number of halogens is 2. The molecule has 0 radical (unpaired) electrons. The van der Waals surface area contributed by atoms with Gasteiger partial charge in [-0.1, -0.05) is 74.0 Å². The number of ether oxygens (including phenoxy) is 2. The molecule has 2 aromatic carbocycles. The van der Waals surface area contributed by atoms with E-state index in [0.717, 1.165) is 11.1 Å². The van der Waals surface area contributed by atoms with Gasteiger partial charge in [0.25, 0.3) is 0 Å². The summed E-state index contributed by atoms with van der Waals surface area (Å²) in [4.78, 5) is 50.8. The summed E-state index contributed by atoms with van der Waals surface area (Å²) < 4.78 is 10.9. The molecule has 3 N–H and O–H groups in total. The molecule has 12 nitrogen and oxygen atoms in total. The lowest BCUT2D eigenvalue weighted by atomic mass is 9.88. The Balaban J connectivity index is 1.52. The second-order valence-electron chi connectivity index (χ2n) is 11.4. The summed E-state index contributed by atoms with van der Waals surface area (Å²) in [7, 11) is 2.92. The largest absolute Gasteiger partial charge is 0.495 e. The number of benzene rings is 2. The minimum atomic E-state index is -0.451. The highest BCUT2D eigenvalue weighted by atomic mass is 35.5. The average molecular weight is 707 g/mol. The van der Waals surface area contributed by atoms with Crippen molar-refractivity contribution in [2.75, 3.05) is 41.2 Å². The molecule has 256 valence electrons. The normalized spacial score (nSPS) is 16.8. The Bertz CT molecular complexity index is 1820. The molecular formula is C35H37Cl2N7O5. The van der Waals surface area contributed by atoms with Gasteiger partial charge in [0, 0.05) is 42.4 Å². The number of allylic oxidation sites excluding steroid dienone is 2. The van der Waals surface area contributed by atoms with E-state index in [1.165, 1.54) is 30.1 Å². The van der Waals surface area contributed by atoms with Crippen LogP contribution in [0.5, 0.6) is 11.5 Å². The Kier molecular flexibility index (Phi) is 11.1. The predicted octanol–water partition coefficient (Wildman–Crippen LogP) is 6.51. The smallest absolute Gasteiger partial charge is 0.330 e. The number of urea groups is 1. The van der Waals surface area contributed by atoms with Crippen molar-refractivity contribution < 1.29 is 23.9 Å². The fourth-order valence-electron chi connectivity index (χ4n) is 5.54. The van der Waals surface area contributed by atoms with Gasteiger partial charge in [0.1, 0.15) is 27.4 Å². The predicted molar refractivity (Wildman–Crippen MR) is 192 cm³/mol. The summed E-state index contributed by atoms with van der Waals surface area (Å²) in [6.45, 7) is 7.85. The number of anilines is 4. The van der Waals surface area contributed by atoms with Crippen LogP contribution in [0, 0.1) is 5.92 Å². The molecule has 1 aliphatic heterocycles. The second-order valence-corrected chi connectivity index (χ2v) is 12.1. The van der Waals surface area contributed by atoms with E-state index in [2.05, 4.69) is 27.5 Å². The maximum absolute atomic E-state index is 14.5. The van der Waals surface area contributed by atoms with Crippen LogP contribution in [-0.2, 0) is 22.7 Å². The van der Waals surface area contributed by atoms with Crippen molar-refractivity contribution in [3.63, 3.8) is 0 Å². The third-order valence-corrected chi connectivity index (χ3v) is 9.01. The molecule has 0 saturated heterocycles. The van der Waals surface area contributed by atoms with Gasteiger partial charge in [-0.25, -0.2) is 9.78 Å². The Morgan fingerprint density at radius 1 is 1.14 bits per heavy atom. The third kappa shape index (κ3) is 7.65. The van der Waals surface area contributed by atoms with E-state index in [-0.39, 0.29) is 64.1 Å². The van der Waals surface area contributed by atoms with Crippen LogP contribution in [0.1, 0.15) is 31.4 Å². The summed E-state index contributed by atoms with van der Waals surface area (Å²) in [6.07, 6.45) is 9.10. The Morgan fingerprint density at radius 2 is 1.88 bits per heavy atom. The standard InChI is InChI=1S/C35H37Cl2N7O5/c1-6-28(45)38-16-22-11-9-13-25(20(22)3)41-34-39-17-23-19-43(32-30(36)26(48-4)15-27(49-5)31(32)37)35(47)44(33(23)42-34)18-21-10-8-12-24(14-21)40-29(46)7-2/h6,8-15,17,20,25H,1,7,16,18-19H2,2-5H3,(H,38,45)(H,40,46)(H,39,41,42). The first-order valence-corrected chi connectivity index (χ1v) is 16.3. The molecule has 2 heterocycles. The molecule has 4 amide bonds. The van der Waals surface area contributed by atoms with Crippen LogP contribution >= 0.6 is 23.2 Å². The van der Waals surface area contributed by atoms with Crippen molar-refractivity contribution in [2.24, 2.45) is 5.92 Å². The monoisotopic (exact) mass is 705 g/mol. The lowest BCUT2D eigenvalue weighted by Crippen LogP contribution is -2.48. The lowest BCUT2D eigenvalue weighted by molar-refractivity contribution is -0.116. The SMILES string of the molecule is C=CC(=O)NCC1=CC=CC(Nc2ncc3c(n2)N(Cc2cccc(NC(=O)CC)c2)C(=O)N(c2c(Cl)c(OC)cc(OC)c2Cl)C3)C1C. The zero-order valence-corrected chi connectivity index (χ0v) is 29.1. The quantitative estimate of drug-likeness (QED) is 0.181. The fourth-order valence-corrected chi connectivity index (χ4v) is 6.25. The van der Waals surface area contributed by atoms with E-state index in [9.17, 15) is 14.4 Å². The molecule has 0 spiro atoms. The number of aromatic nitrogens is 2. The number of fused-ring (bicyclic) bond motifs is 1. The van der Waals surface area contributed by atoms with Gasteiger partial charge in [-0.15, -0.1) is 0 Å². The first-order chi connectivity index (χ1) is 23.6. The maximum Gasteiger partial charge on any atom is 0.330 e. The van der Waals surface area contributed by atoms with E-state index in [1.807, 2.05) is 37.3 Å². The summed E-state index contributed by atoms with van der Waals surface area (Å²) in [6, 6.07) is 8.17. The van der Waals surface area contributed by atoms with Crippen LogP contribution in [-0.4, -0.2) is 54.6 Å². The Morgan fingerprint density at radius 3 is 2.55 bits per heavy atom. The Labute approximate surface area is 294 Å². The van der Waals surface area contributed by atoms with Gasteiger partial charge >= 0.3 is 6.03 Å². The maximum atomic E-state index is 14.5. The van der Waals surface area contributed by atoms with Crippen molar-refractivity contribution >= 4 is 64.2 Å². The van der Waals surface area contributed by atoms with Gasteiger partial charge in [-0.3, -0.25) is 19.4 Å². The molecule has 49 heavy (non-hydrogen) atoms. The van der Waals surface area contributed by atoms with E-state index in [4.69, 9.17) is 37.7 Å². The topological polar surface area (TPSA) is 138 Å². The number of hydrogen-bond acceptors (Lipinski definition) is 8. The summed E-state index contributed by atoms with van der Waals surface area (Å²) in [5.74, 6) is 0.884. The van der Waals surface area contributed by atoms with E-state index >= 15 is 0 Å². The number of amides is 4. The van der Waals surface area contributed by atoms with Crippen LogP contribution in [0.3, 0.4) is 0 Å². The minimum Gasteiger partial charge on any atom is -0.495 e. The number of carbonyl (C=O) groups excluding carboxylic acids is 3. The number of rotatable bonds is 12. The number of carbonyl (C=O) groups is 3. The van der Waals surface area contributed by atoms with Crippen molar-refractivity contribution in [3.8, 4) is 11.5 Å². The first-order valence-electron chi connectivity index (χ1n) is 15.6. The number of methoxy groups -OCH3 is 2. The molecule has 14 heteroatoms. The zero-order chi connectivity index (χ0) is 35.2. The van der Waals surface area contributed by atoms with Gasteiger partial charge in [-0.2, -0.15) is 4.98 Å². The van der Waals surface area contributed by atoms with Crippen LogP contribution in [0.2, 0.25) is 10.0 Å². The van der Waals surface area contributed by atoms with Crippen LogP contribution < -0.4 is 35.2 Å². The number of hydrogen-bond donors (Lipinski definition) is 3. The van der Waals surface area contributed by atoms with Crippen LogP contribution in [0.4, 0.5) is 27.9 Å². The van der Waals surface area contributed by atoms with Crippen molar-refractivity contribution in [2.45, 2.75) is 39.4 Å². The van der Waals surface area contributed by atoms with Crippen molar-refractivity contribution in [1.29, 1.82) is 0 Å². The zero-order valence-electron chi connectivity index (χ0n) is 27.5. The minimum absolute atomic E-state index is 0.00336. The Hall–Kier alpha value is -5.07. The fraction of sp³-hybridized carbons (Fsp3) is 0.286. The summed E-state index contributed by atoms with van der Waals surface area (Å²) in [5.41, 5.74) is 3.21. The van der Waals surface area contributed by atoms with E-state index in [0.29, 0.717) is 36.0 Å². The molecule has 2 aliphatic rings. The van der Waals surface area contributed by atoms with Crippen LogP contribution in [0.15, 0.2) is 73.0 Å². The van der Waals surface area contributed by atoms with Gasteiger partial charge in [0.15, 0.2) is 0 Å². The molecule has 0 saturated carbocycles. The highest BCUT2D eigenvalue weighted by Crippen LogP contribution is 2.48. The molecule has 2 unspecified atom stereocenters. The highest BCUT2D eigenvalue weighted by molar-refractivity contribution is 6.42. The molecule has 3 aromatic rings. The first kappa shape index (κ1) is 35.2. The lowest BCUT2D eigenvalue weighted by Gasteiger charge is -2.37. The highest BCUT2D eigenvalue weighted by Gasteiger charge is 2.37. The number of nitrogens with one attached hydrogen (secondary N) is 3. The van der Waals surface area contributed by atoms with Crippen molar-refractivity contribution in [3.05, 3.63) is 94.2 Å². The molecular weight excluding hydrogens is 669 g/mol. The van der Waals surface area contributed by atoms with Gasteiger partial charge in [0.05, 0.1) is 39.0 Å². The second kappa shape index (κ2) is 15.4. The van der Waals surface area contributed by atoms with Gasteiger partial charge in [0.2, 0.25) is 17.8 Å². The molecule has 2 atom stereocenters. The van der Waals surface area contributed by atoms with Gasteiger partial charge < -0.3 is 25.4 Å². The van der Waals surface area contributed by atoms with Gasteiger partial charge in [-0.05, 0) is 29.3 Å². The van der Waals surface area contributed by atoms with E-state index < -0.39 is 6.03 Å².